The van der Waals surface area contributed by atoms with Crippen LogP contribution in [0, 0.1) is 6.92 Å². The summed E-state index contributed by atoms with van der Waals surface area (Å²) in [5, 5.41) is 7.14. The number of hydrazine groups is 1. The van der Waals surface area contributed by atoms with Crippen molar-refractivity contribution in [2.24, 2.45) is 5.84 Å². The minimum atomic E-state index is -0.293. The molecule has 0 saturated heterocycles. The van der Waals surface area contributed by atoms with Crippen LogP contribution >= 0.6 is 23.1 Å². The van der Waals surface area contributed by atoms with E-state index in [0.29, 0.717) is 15.8 Å². The fraction of sp³-hybridized carbons (Fsp3) is 0.417. The average Bonchev–Trinajstić information content (AvgIpc) is 2.99. The number of aromatic nitrogens is 3. The summed E-state index contributed by atoms with van der Waals surface area (Å²) in [5.41, 5.74) is 2.95. The number of hydrogen-bond donors (Lipinski definition) is 3. The third kappa shape index (κ3) is 3.36. The van der Waals surface area contributed by atoms with Gasteiger partial charge < -0.3 is 0 Å². The second-order valence-electron chi connectivity index (χ2n) is 4.73. The lowest BCUT2D eigenvalue weighted by Gasteiger charge is -2.08. The van der Waals surface area contributed by atoms with Gasteiger partial charge in [0.2, 0.25) is 0 Å². The van der Waals surface area contributed by atoms with Crippen LogP contribution in [0.4, 0.5) is 0 Å². The second-order valence-corrected chi connectivity index (χ2v) is 6.93. The smallest absolute Gasteiger partial charge is 0.289 e. The lowest BCUT2D eigenvalue weighted by Crippen LogP contribution is -2.29. The Morgan fingerprint density at radius 2 is 2.33 bits per heavy atom. The quantitative estimate of drug-likeness (QED) is 0.333. The Morgan fingerprint density at radius 1 is 1.62 bits per heavy atom. The van der Waals surface area contributed by atoms with Gasteiger partial charge in [0.05, 0.1) is 4.88 Å². The number of thiophene rings is 1. The Morgan fingerprint density at radius 3 is 2.95 bits per heavy atom. The van der Waals surface area contributed by atoms with E-state index in [0.717, 1.165) is 10.4 Å². The fourth-order valence-corrected chi connectivity index (χ4v) is 4.00. The molecule has 0 saturated carbocycles. The number of nitrogen functional groups attached to an aromatic ring is 1. The first-order valence-electron chi connectivity index (χ1n) is 6.34. The molecule has 2 aromatic rings. The number of aromatic amines is 1. The molecule has 0 aliphatic heterocycles. The minimum absolute atomic E-state index is 0.0425. The van der Waals surface area contributed by atoms with Crippen molar-refractivity contribution in [3.63, 3.8) is 0 Å². The number of nitrogens with one attached hydrogen (secondary N) is 2. The molecule has 2 rings (SSSR count). The topological polar surface area (TPSA) is 106 Å². The molecule has 0 aliphatic rings. The maximum Gasteiger partial charge on any atom is 0.344 e. The van der Waals surface area contributed by atoms with Crippen LogP contribution < -0.4 is 17.0 Å². The third-order valence-electron chi connectivity index (χ3n) is 2.92. The predicted molar refractivity (Wildman–Crippen MR) is 83.5 cm³/mol. The van der Waals surface area contributed by atoms with E-state index >= 15 is 0 Å². The maximum absolute atomic E-state index is 11.7. The van der Waals surface area contributed by atoms with Crippen LogP contribution in [0.3, 0.4) is 0 Å². The van der Waals surface area contributed by atoms with E-state index in [2.05, 4.69) is 15.6 Å². The molecule has 7 nitrogen and oxygen atoms in total. The minimum Gasteiger partial charge on any atom is -0.289 e. The van der Waals surface area contributed by atoms with Crippen LogP contribution in [0.2, 0.25) is 0 Å². The van der Waals surface area contributed by atoms with Gasteiger partial charge in [-0.25, -0.2) is 15.7 Å². The van der Waals surface area contributed by atoms with Crippen molar-refractivity contribution in [3.8, 4) is 0 Å². The van der Waals surface area contributed by atoms with Gasteiger partial charge in [0, 0.05) is 16.7 Å². The number of aryl methyl sites for hydroxylation is 1. The molecule has 0 spiro atoms. The molecular weight excluding hydrogens is 310 g/mol. The van der Waals surface area contributed by atoms with Crippen LogP contribution in [-0.2, 0) is 5.75 Å². The van der Waals surface area contributed by atoms with Gasteiger partial charge in [-0.05, 0) is 32.4 Å². The van der Waals surface area contributed by atoms with Crippen molar-refractivity contribution in [2.75, 3.05) is 0 Å². The van der Waals surface area contributed by atoms with Crippen molar-refractivity contribution in [3.05, 3.63) is 31.9 Å². The number of thioether (sulfide) groups is 1. The van der Waals surface area contributed by atoms with E-state index in [1.54, 1.807) is 4.57 Å². The third-order valence-corrected chi connectivity index (χ3v) is 5.01. The van der Waals surface area contributed by atoms with Crippen molar-refractivity contribution in [1.82, 2.24) is 20.2 Å². The molecule has 21 heavy (non-hydrogen) atoms. The first-order chi connectivity index (χ1) is 9.93. The van der Waals surface area contributed by atoms with E-state index in [1.165, 1.54) is 23.1 Å². The first kappa shape index (κ1) is 15.8. The van der Waals surface area contributed by atoms with E-state index in [4.69, 9.17) is 5.84 Å². The average molecular weight is 327 g/mol. The van der Waals surface area contributed by atoms with Gasteiger partial charge in [-0.1, -0.05) is 11.8 Å². The highest BCUT2D eigenvalue weighted by molar-refractivity contribution is 7.98. The number of amides is 1. The normalized spacial score (nSPS) is 11.1. The van der Waals surface area contributed by atoms with Crippen molar-refractivity contribution >= 4 is 29.0 Å². The number of carbonyl (C=O) groups excluding carboxylic acids is 1. The first-order valence-corrected chi connectivity index (χ1v) is 8.14. The zero-order valence-electron chi connectivity index (χ0n) is 12.0. The van der Waals surface area contributed by atoms with E-state index < -0.39 is 0 Å². The molecule has 0 unspecified atom stereocenters. The van der Waals surface area contributed by atoms with Crippen molar-refractivity contribution < 1.29 is 4.79 Å². The molecular formula is C12H17N5O2S2. The summed E-state index contributed by atoms with van der Waals surface area (Å²) in [7, 11) is 0. The molecule has 0 aliphatic carbocycles. The number of rotatable bonds is 5. The van der Waals surface area contributed by atoms with Gasteiger partial charge in [-0.2, -0.15) is 0 Å². The van der Waals surface area contributed by atoms with E-state index in [1.807, 2.05) is 26.8 Å². The molecule has 0 fully saturated rings. The number of carbonyl (C=O) groups is 1. The van der Waals surface area contributed by atoms with Crippen LogP contribution in [0.25, 0.3) is 0 Å². The summed E-state index contributed by atoms with van der Waals surface area (Å²) >= 11 is 2.86. The molecule has 9 heteroatoms. The maximum atomic E-state index is 11.7. The van der Waals surface area contributed by atoms with E-state index in [9.17, 15) is 9.59 Å². The van der Waals surface area contributed by atoms with Crippen LogP contribution in [0.5, 0.6) is 0 Å². The Kier molecular flexibility index (Phi) is 4.86. The van der Waals surface area contributed by atoms with Gasteiger partial charge in [0.1, 0.15) is 0 Å². The van der Waals surface area contributed by atoms with Crippen molar-refractivity contribution in [2.45, 2.75) is 37.7 Å². The standard InChI is InChI=1S/C12H17N5O2S2/c1-6(2)17-11(19)15-16-12(17)20-5-8-4-9(10(18)14-13)21-7(8)3/h4,6H,5,13H2,1-3H3,(H,14,18)(H,15,19). The molecule has 1 amide bonds. The summed E-state index contributed by atoms with van der Waals surface area (Å²) in [6.45, 7) is 5.81. The molecule has 2 heterocycles. The van der Waals surface area contributed by atoms with Gasteiger partial charge in [0.25, 0.3) is 5.91 Å². The monoisotopic (exact) mass is 327 g/mol. The molecule has 0 radical (unpaired) electrons. The molecule has 0 atom stereocenters. The summed E-state index contributed by atoms with van der Waals surface area (Å²) < 4.78 is 1.61. The lowest BCUT2D eigenvalue weighted by atomic mass is 10.3. The SMILES string of the molecule is Cc1sc(C(=O)NN)cc1CSc1n[nH]c(=O)n1C(C)C. The summed E-state index contributed by atoms with van der Waals surface area (Å²) in [6, 6.07) is 1.86. The van der Waals surface area contributed by atoms with Crippen molar-refractivity contribution in [1.29, 1.82) is 0 Å². The van der Waals surface area contributed by atoms with Crippen LogP contribution in [0.15, 0.2) is 16.0 Å². The number of H-pyrrole nitrogens is 1. The molecule has 2 aromatic heterocycles. The molecule has 114 valence electrons. The van der Waals surface area contributed by atoms with Gasteiger partial charge in [-0.3, -0.25) is 14.8 Å². The zero-order valence-corrected chi connectivity index (χ0v) is 13.6. The highest BCUT2D eigenvalue weighted by Crippen LogP contribution is 2.28. The highest BCUT2D eigenvalue weighted by atomic mass is 32.2. The Hall–Kier alpha value is -1.58. The largest absolute Gasteiger partial charge is 0.344 e. The van der Waals surface area contributed by atoms with Gasteiger partial charge in [-0.15, -0.1) is 16.4 Å². The van der Waals surface area contributed by atoms with Crippen LogP contribution in [0.1, 0.15) is 40.0 Å². The Balaban J connectivity index is 2.16. The molecule has 0 aromatic carbocycles. The Labute approximate surface area is 129 Å². The molecule has 4 N–H and O–H groups in total. The lowest BCUT2D eigenvalue weighted by molar-refractivity contribution is 0.0957. The van der Waals surface area contributed by atoms with E-state index in [-0.39, 0.29) is 17.6 Å². The summed E-state index contributed by atoms with van der Waals surface area (Å²) in [4.78, 5) is 24.8. The number of nitrogens with two attached hydrogens (primary N) is 1. The van der Waals surface area contributed by atoms with Gasteiger partial charge in [0.15, 0.2) is 5.16 Å². The van der Waals surface area contributed by atoms with Crippen LogP contribution in [-0.4, -0.2) is 20.7 Å². The summed E-state index contributed by atoms with van der Waals surface area (Å²) in [6.07, 6.45) is 0. The second kappa shape index (κ2) is 6.46. The summed E-state index contributed by atoms with van der Waals surface area (Å²) in [5.74, 6) is 5.48. The zero-order chi connectivity index (χ0) is 15.6. The predicted octanol–water partition coefficient (Wildman–Crippen LogP) is 1.42. The number of nitrogens with zero attached hydrogens (tertiary/aromatic N) is 2. The fourth-order valence-electron chi connectivity index (χ4n) is 1.84. The molecule has 0 bridgehead atoms. The highest BCUT2D eigenvalue weighted by Gasteiger charge is 2.15. The Bertz CT molecular complexity index is 701. The van der Waals surface area contributed by atoms with Gasteiger partial charge >= 0.3 is 5.69 Å². The number of hydrogen-bond acceptors (Lipinski definition) is 6.